The zero-order chi connectivity index (χ0) is 18.4. The summed E-state index contributed by atoms with van der Waals surface area (Å²) in [7, 11) is 0. The molecule has 1 aromatic rings. The summed E-state index contributed by atoms with van der Waals surface area (Å²) in [6, 6.07) is 1.80. The first kappa shape index (κ1) is 19.3. The third kappa shape index (κ3) is 5.76. The Bertz CT molecular complexity index is 591. The van der Waals surface area contributed by atoms with Crippen LogP contribution in [0.4, 0.5) is 4.79 Å². The van der Waals surface area contributed by atoms with Crippen LogP contribution >= 0.6 is 0 Å². The van der Waals surface area contributed by atoms with Crippen molar-refractivity contribution in [2.45, 2.75) is 71.4 Å². The predicted molar refractivity (Wildman–Crippen MR) is 95.5 cm³/mol. The van der Waals surface area contributed by atoms with Crippen molar-refractivity contribution in [3.63, 3.8) is 0 Å². The highest BCUT2D eigenvalue weighted by Crippen LogP contribution is 2.19. The minimum Gasteiger partial charge on any atom is -0.444 e. The summed E-state index contributed by atoms with van der Waals surface area (Å²) in [5, 5.41) is 9.88. The third-order valence-electron chi connectivity index (χ3n) is 4.14. The van der Waals surface area contributed by atoms with Gasteiger partial charge in [-0.05, 0) is 52.5 Å². The van der Waals surface area contributed by atoms with Gasteiger partial charge in [0, 0.05) is 24.8 Å². The summed E-state index contributed by atoms with van der Waals surface area (Å²) in [4.78, 5) is 26.5. The van der Waals surface area contributed by atoms with Gasteiger partial charge in [0.1, 0.15) is 11.3 Å². The molecule has 0 aromatic carbocycles. The van der Waals surface area contributed by atoms with Gasteiger partial charge in [-0.2, -0.15) is 5.10 Å². The number of likely N-dealkylation sites (tertiary alicyclic amines) is 1. The molecule has 0 aliphatic carbocycles. The number of carbonyl (C=O) groups is 2. The molecule has 0 spiro atoms. The van der Waals surface area contributed by atoms with Gasteiger partial charge >= 0.3 is 6.09 Å². The Kier molecular flexibility index (Phi) is 6.45. The number of nitrogens with one attached hydrogen (secondary N) is 2. The number of nitrogens with zero attached hydrogens (tertiary/aromatic N) is 2. The first-order valence-corrected chi connectivity index (χ1v) is 9.12. The van der Waals surface area contributed by atoms with Gasteiger partial charge in [0.05, 0.1) is 0 Å². The van der Waals surface area contributed by atoms with E-state index in [1.165, 1.54) is 0 Å². The Morgan fingerprint density at radius 1 is 1.40 bits per heavy atom. The van der Waals surface area contributed by atoms with Gasteiger partial charge in [-0.25, -0.2) is 4.79 Å². The molecule has 140 valence electrons. The number of rotatable bonds is 5. The second-order valence-electron chi connectivity index (χ2n) is 7.56. The third-order valence-corrected chi connectivity index (χ3v) is 4.14. The van der Waals surface area contributed by atoms with Gasteiger partial charge in [-0.3, -0.25) is 9.89 Å². The Morgan fingerprint density at radius 3 is 2.84 bits per heavy atom. The van der Waals surface area contributed by atoms with Crippen LogP contribution in [-0.2, 0) is 11.2 Å². The monoisotopic (exact) mass is 350 g/mol. The fraction of sp³-hybridized carbons (Fsp3) is 0.722. The fourth-order valence-corrected chi connectivity index (χ4v) is 3.01. The van der Waals surface area contributed by atoms with Crippen LogP contribution in [0.3, 0.4) is 0 Å². The number of hydrogen-bond acceptors (Lipinski definition) is 4. The zero-order valence-corrected chi connectivity index (χ0v) is 15.7. The van der Waals surface area contributed by atoms with Crippen molar-refractivity contribution in [3.8, 4) is 0 Å². The first-order valence-electron chi connectivity index (χ1n) is 9.12. The van der Waals surface area contributed by atoms with E-state index < -0.39 is 11.7 Å². The first-order chi connectivity index (χ1) is 11.8. The molecule has 1 aliphatic heterocycles. The predicted octanol–water partition coefficient (Wildman–Crippen LogP) is 2.88. The van der Waals surface area contributed by atoms with Crippen molar-refractivity contribution < 1.29 is 14.3 Å². The normalized spacial score (nSPS) is 18.1. The highest BCUT2D eigenvalue weighted by molar-refractivity contribution is 5.92. The lowest BCUT2D eigenvalue weighted by Gasteiger charge is -2.35. The van der Waals surface area contributed by atoms with Gasteiger partial charge in [0.25, 0.3) is 5.91 Å². The van der Waals surface area contributed by atoms with Gasteiger partial charge in [-0.15, -0.1) is 0 Å². The van der Waals surface area contributed by atoms with E-state index in [1.54, 1.807) is 0 Å². The Labute approximate surface area is 149 Å². The van der Waals surface area contributed by atoms with E-state index in [2.05, 4.69) is 22.4 Å². The summed E-state index contributed by atoms with van der Waals surface area (Å²) in [5.74, 6) is -0.0747. The van der Waals surface area contributed by atoms with Crippen LogP contribution in [-0.4, -0.2) is 51.8 Å². The number of aromatic amines is 1. The van der Waals surface area contributed by atoms with Crippen LogP contribution < -0.4 is 5.32 Å². The molecule has 1 fully saturated rings. The molecule has 2 rings (SSSR count). The van der Waals surface area contributed by atoms with Crippen LogP contribution in [0, 0.1) is 0 Å². The van der Waals surface area contributed by atoms with Crippen molar-refractivity contribution in [2.75, 3.05) is 13.1 Å². The molecule has 2 N–H and O–H groups in total. The smallest absolute Gasteiger partial charge is 0.407 e. The largest absolute Gasteiger partial charge is 0.444 e. The maximum absolute atomic E-state index is 12.8. The summed E-state index contributed by atoms with van der Waals surface area (Å²) in [6.07, 6.45) is 4.32. The van der Waals surface area contributed by atoms with Crippen molar-refractivity contribution in [1.82, 2.24) is 20.4 Å². The summed E-state index contributed by atoms with van der Waals surface area (Å²) < 4.78 is 5.27. The average Bonchev–Trinajstić information content (AvgIpc) is 3.00. The maximum atomic E-state index is 12.8. The van der Waals surface area contributed by atoms with Crippen LogP contribution in [0.2, 0.25) is 0 Å². The molecule has 1 saturated heterocycles. The average molecular weight is 350 g/mol. The van der Waals surface area contributed by atoms with E-state index >= 15 is 0 Å². The lowest BCUT2D eigenvalue weighted by atomic mass is 10.0. The molecular weight excluding hydrogens is 320 g/mol. The Balaban J connectivity index is 1.97. The zero-order valence-electron chi connectivity index (χ0n) is 15.7. The van der Waals surface area contributed by atoms with E-state index in [-0.39, 0.29) is 11.9 Å². The highest BCUT2D eigenvalue weighted by Gasteiger charge is 2.29. The number of amides is 2. The second kappa shape index (κ2) is 8.36. The number of ether oxygens (including phenoxy) is 1. The van der Waals surface area contributed by atoms with Crippen molar-refractivity contribution in [2.24, 2.45) is 0 Å². The molecule has 1 atom stereocenters. The van der Waals surface area contributed by atoms with Gasteiger partial charge < -0.3 is 15.0 Å². The SMILES string of the molecule is CCCc1cc(C(=O)N2CCCCC2CNC(=O)OC(C)(C)C)n[nH]1. The summed E-state index contributed by atoms with van der Waals surface area (Å²) in [5.41, 5.74) is 0.899. The number of hydrogen-bond donors (Lipinski definition) is 2. The number of carbonyl (C=O) groups excluding carboxylic acids is 2. The van der Waals surface area contributed by atoms with Crippen LogP contribution in [0.5, 0.6) is 0 Å². The standard InChI is InChI=1S/C18H30N4O3/c1-5-8-13-11-15(21-20-13)16(23)22-10-7-6-9-14(22)12-19-17(24)25-18(2,3)4/h11,14H,5-10,12H2,1-4H3,(H,19,24)(H,20,21). The van der Waals surface area contributed by atoms with Crippen molar-refractivity contribution >= 4 is 12.0 Å². The lowest BCUT2D eigenvalue weighted by molar-refractivity contribution is 0.0461. The molecule has 0 radical (unpaired) electrons. The summed E-state index contributed by atoms with van der Waals surface area (Å²) >= 11 is 0. The number of aromatic nitrogens is 2. The van der Waals surface area contributed by atoms with Crippen LogP contribution in [0.15, 0.2) is 6.07 Å². The van der Waals surface area contributed by atoms with E-state index in [0.717, 1.165) is 37.8 Å². The van der Waals surface area contributed by atoms with Gasteiger partial charge in [-0.1, -0.05) is 13.3 Å². The molecule has 1 aromatic heterocycles. The van der Waals surface area contributed by atoms with E-state index in [0.29, 0.717) is 18.8 Å². The fourth-order valence-electron chi connectivity index (χ4n) is 3.01. The maximum Gasteiger partial charge on any atom is 0.407 e. The molecule has 7 nitrogen and oxygen atoms in total. The number of aryl methyl sites for hydroxylation is 1. The molecule has 0 bridgehead atoms. The molecular formula is C18H30N4O3. The Hall–Kier alpha value is -2.05. The number of H-pyrrole nitrogens is 1. The highest BCUT2D eigenvalue weighted by atomic mass is 16.6. The molecule has 2 heterocycles. The van der Waals surface area contributed by atoms with E-state index in [4.69, 9.17) is 4.74 Å². The van der Waals surface area contributed by atoms with Crippen LogP contribution in [0.1, 0.15) is 69.6 Å². The minimum atomic E-state index is -0.531. The molecule has 1 unspecified atom stereocenters. The van der Waals surface area contributed by atoms with E-state index in [1.807, 2.05) is 31.7 Å². The van der Waals surface area contributed by atoms with Gasteiger partial charge in [0.15, 0.2) is 0 Å². The molecule has 25 heavy (non-hydrogen) atoms. The number of piperidine rings is 1. The quantitative estimate of drug-likeness (QED) is 0.855. The minimum absolute atomic E-state index is 0.0277. The Morgan fingerprint density at radius 2 is 2.16 bits per heavy atom. The molecule has 1 aliphatic rings. The summed E-state index contributed by atoms with van der Waals surface area (Å²) in [6.45, 7) is 8.66. The van der Waals surface area contributed by atoms with E-state index in [9.17, 15) is 9.59 Å². The van der Waals surface area contributed by atoms with Crippen molar-refractivity contribution in [1.29, 1.82) is 0 Å². The molecule has 2 amide bonds. The molecule has 7 heteroatoms. The molecule has 0 saturated carbocycles. The number of alkyl carbamates (subject to hydrolysis) is 1. The topological polar surface area (TPSA) is 87.3 Å². The lowest BCUT2D eigenvalue weighted by Crippen LogP contribution is -2.50. The van der Waals surface area contributed by atoms with Crippen LogP contribution in [0.25, 0.3) is 0 Å². The second-order valence-corrected chi connectivity index (χ2v) is 7.56. The van der Waals surface area contributed by atoms with Gasteiger partial charge in [0.2, 0.25) is 0 Å². The van der Waals surface area contributed by atoms with Crippen molar-refractivity contribution in [3.05, 3.63) is 17.5 Å².